The number of amides is 1. The molecule has 1 aliphatic carbocycles. The van der Waals surface area contributed by atoms with E-state index in [4.69, 9.17) is 0 Å². The molecule has 1 aromatic heterocycles. The summed E-state index contributed by atoms with van der Waals surface area (Å²) < 4.78 is 0. The second-order valence-electron chi connectivity index (χ2n) is 6.53. The number of carbonyl (C=O) groups excluding carboxylic acids is 1. The van der Waals surface area contributed by atoms with Gasteiger partial charge in [0.05, 0.1) is 17.1 Å². The molecule has 1 saturated heterocycles. The summed E-state index contributed by atoms with van der Waals surface area (Å²) in [6.45, 7) is 2.68. The number of imidazole rings is 1. The average Bonchev–Trinajstić information content (AvgIpc) is 2.99. The normalized spacial score (nSPS) is 26.7. The molecule has 1 amide bonds. The summed E-state index contributed by atoms with van der Waals surface area (Å²) in [5.74, 6) is 0.248. The van der Waals surface area contributed by atoms with Crippen LogP contribution in [0.3, 0.4) is 0 Å². The van der Waals surface area contributed by atoms with Crippen LogP contribution in [0.25, 0.3) is 11.0 Å². The van der Waals surface area contributed by atoms with E-state index in [1.807, 2.05) is 25.1 Å². The van der Waals surface area contributed by atoms with E-state index < -0.39 is 12.0 Å². The van der Waals surface area contributed by atoms with Crippen LogP contribution >= 0.6 is 0 Å². The molecule has 0 spiro atoms. The summed E-state index contributed by atoms with van der Waals surface area (Å²) in [4.78, 5) is 32.7. The van der Waals surface area contributed by atoms with Crippen LogP contribution in [0.1, 0.15) is 36.7 Å². The summed E-state index contributed by atoms with van der Waals surface area (Å²) >= 11 is 0. The quantitative estimate of drug-likeness (QED) is 0.694. The largest absolute Gasteiger partial charge is 0.340 e. The first-order chi connectivity index (χ1) is 11.0. The Morgan fingerprint density at radius 2 is 2.30 bits per heavy atom. The van der Waals surface area contributed by atoms with Crippen LogP contribution in [-0.2, 0) is 4.79 Å². The Morgan fingerprint density at radius 1 is 1.48 bits per heavy atom. The average molecular weight is 314 g/mol. The lowest BCUT2D eigenvalue weighted by Crippen LogP contribution is -2.33. The highest BCUT2D eigenvalue weighted by Crippen LogP contribution is 2.40. The van der Waals surface area contributed by atoms with E-state index in [9.17, 15) is 14.9 Å². The number of nitrogens with zero attached hydrogens (tertiary/aromatic N) is 3. The van der Waals surface area contributed by atoms with Gasteiger partial charge in [-0.3, -0.25) is 14.9 Å². The zero-order valence-corrected chi connectivity index (χ0v) is 12.9. The molecule has 23 heavy (non-hydrogen) atoms. The lowest BCUT2D eigenvalue weighted by Gasteiger charge is -2.22. The lowest BCUT2D eigenvalue weighted by atomic mass is 10.2. The summed E-state index contributed by atoms with van der Waals surface area (Å²) in [7, 11) is 0. The first-order valence-corrected chi connectivity index (χ1v) is 7.95. The number of aromatic amines is 1. The lowest BCUT2D eigenvalue weighted by molar-refractivity contribution is -0.497. The standard InChI is InChI=1S/C16H18N4O3/c1-9-4-5-11-12(7-9)18-15(17-11)13-3-2-6-19(13)16(21)10-8-14(10)20(22)23/h4-5,7,10,13-14H,2-3,6,8H2,1H3,(H,17,18). The van der Waals surface area contributed by atoms with Gasteiger partial charge in [-0.05, 0) is 37.5 Å². The molecule has 2 aromatic rings. The van der Waals surface area contributed by atoms with Crippen LogP contribution in [0.2, 0.25) is 0 Å². The SMILES string of the molecule is Cc1ccc2nc(C3CCCN3C(=O)C3CC3[N+](=O)[O-])[nH]c2c1. The van der Waals surface area contributed by atoms with Crippen LogP contribution in [0.4, 0.5) is 0 Å². The van der Waals surface area contributed by atoms with Crippen LogP contribution < -0.4 is 0 Å². The number of benzene rings is 1. The first kappa shape index (κ1) is 14.2. The number of hydrogen-bond donors (Lipinski definition) is 1. The molecule has 7 heteroatoms. The minimum atomic E-state index is -0.693. The number of likely N-dealkylation sites (tertiary alicyclic amines) is 1. The summed E-state index contributed by atoms with van der Waals surface area (Å²) in [6, 6.07) is 5.23. The Hall–Kier alpha value is -2.44. The second-order valence-corrected chi connectivity index (χ2v) is 6.53. The van der Waals surface area contributed by atoms with Crippen molar-refractivity contribution in [2.24, 2.45) is 5.92 Å². The van der Waals surface area contributed by atoms with Crippen molar-refractivity contribution >= 4 is 16.9 Å². The topological polar surface area (TPSA) is 92.1 Å². The fraction of sp³-hybridized carbons (Fsp3) is 0.500. The number of fused-ring (bicyclic) bond motifs is 1. The minimum absolute atomic E-state index is 0.0918. The van der Waals surface area contributed by atoms with E-state index in [1.54, 1.807) is 4.90 Å². The second kappa shape index (κ2) is 5.04. The summed E-state index contributed by atoms with van der Waals surface area (Å²) in [5, 5.41) is 10.8. The van der Waals surface area contributed by atoms with Crippen LogP contribution in [0.5, 0.6) is 0 Å². The number of aromatic nitrogens is 2. The molecule has 1 saturated carbocycles. The highest BCUT2D eigenvalue weighted by molar-refractivity contribution is 5.83. The zero-order valence-electron chi connectivity index (χ0n) is 12.9. The fourth-order valence-electron chi connectivity index (χ4n) is 3.51. The maximum absolute atomic E-state index is 12.6. The van der Waals surface area contributed by atoms with Crippen molar-refractivity contribution in [2.45, 2.75) is 38.3 Å². The van der Waals surface area contributed by atoms with E-state index in [0.29, 0.717) is 13.0 Å². The minimum Gasteiger partial charge on any atom is -0.340 e. The van der Waals surface area contributed by atoms with Gasteiger partial charge in [-0.15, -0.1) is 0 Å². The highest BCUT2D eigenvalue weighted by Gasteiger charge is 2.55. The molecule has 2 heterocycles. The molecule has 2 fully saturated rings. The van der Waals surface area contributed by atoms with Crippen molar-refractivity contribution in [3.63, 3.8) is 0 Å². The number of aryl methyl sites for hydroxylation is 1. The van der Waals surface area contributed by atoms with Gasteiger partial charge in [0, 0.05) is 17.9 Å². The Labute approximate surface area is 132 Å². The molecule has 1 N–H and O–H groups in total. The van der Waals surface area contributed by atoms with Crippen molar-refractivity contribution in [1.82, 2.24) is 14.9 Å². The van der Waals surface area contributed by atoms with Crippen molar-refractivity contribution in [3.05, 3.63) is 39.7 Å². The van der Waals surface area contributed by atoms with Gasteiger partial charge in [0.15, 0.2) is 0 Å². The van der Waals surface area contributed by atoms with Crippen molar-refractivity contribution in [3.8, 4) is 0 Å². The van der Waals surface area contributed by atoms with Crippen LogP contribution in [0.15, 0.2) is 18.2 Å². The molecule has 4 rings (SSSR count). The number of nitro groups is 1. The molecule has 120 valence electrons. The van der Waals surface area contributed by atoms with Crippen LogP contribution in [-0.4, -0.2) is 38.3 Å². The van der Waals surface area contributed by atoms with Gasteiger partial charge < -0.3 is 9.88 Å². The van der Waals surface area contributed by atoms with E-state index in [-0.39, 0.29) is 16.9 Å². The Kier molecular flexibility index (Phi) is 3.11. The third-order valence-corrected chi connectivity index (χ3v) is 4.85. The molecule has 7 nitrogen and oxygen atoms in total. The monoisotopic (exact) mass is 314 g/mol. The summed E-state index contributed by atoms with van der Waals surface area (Å²) in [5.41, 5.74) is 3.01. The number of nitrogens with one attached hydrogen (secondary N) is 1. The van der Waals surface area contributed by atoms with E-state index in [1.165, 1.54) is 0 Å². The van der Waals surface area contributed by atoms with Crippen molar-refractivity contribution in [2.75, 3.05) is 6.54 Å². The molecule has 0 radical (unpaired) electrons. The number of rotatable bonds is 3. The number of H-pyrrole nitrogens is 1. The first-order valence-electron chi connectivity index (χ1n) is 7.95. The number of hydrogen-bond acceptors (Lipinski definition) is 4. The molecule has 1 aromatic carbocycles. The Balaban J connectivity index is 1.59. The predicted octanol–water partition coefficient (Wildman–Crippen LogP) is 2.20. The Morgan fingerprint density at radius 3 is 3.04 bits per heavy atom. The molecule has 3 unspecified atom stereocenters. The van der Waals surface area contributed by atoms with Crippen molar-refractivity contribution in [1.29, 1.82) is 0 Å². The molecular weight excluding hydrogens is 296 g/mol. The van der Waals surface area contributed by atoms with Crippen LogP contribution in [0, 0.1) is 23.0 Å². The highest BCUT2D eigenvalue weighted by atomic mass is 16.6. The fourth-order valence-corrected chi connectivity index (χ4v) is 3.51. The van der Waals surface area contributed by atoms with Crippen molar-refractivity contribution < 1.29 is 9.72 Å². The van der Waals surface area contributed by atoms with Gasteiger partial charge in [-0.2, -0.15) is 0 Å². The molecule has 1 aliphatic heterocycles. The molecule has 2 aliphatic rings. The predicted molar refractivity (Wildman–Crippen MR) is 83.4 cm³/mol. The summed E-state index contributed by atoms with van der Waals surface area (Å²) in [6.07, 6.45) is 2.12. The van der Waals surface area contributed by atoms with Gasteiger partial charge in [0.25, 0.3) is 0 Å². The van der Waals surface area contributed by atoms with Gasteiger partial charge in [0.2, 0.25) is 11.9 Å². The van der Waals surface area contributed by atoms with E-state index in [0.717, 1.165) is 35.3 Å². The third kappa shape index (κ3) is 2.36. The zero-order chi connectivity index (χ0) is 16.1. The molecule has 3 atom stereocenters. The van der Waals surface area contributed by atoms with Gasteiger partial charge in [-0.1, -0.05) is 6.07 Å². The van der Waals surface area contributed by atoms with E-state index >= 15 is 0 Å². The third-order valence-electron chi connectivity index (χ3n) is 4.85. The molecule has 0 bridgehead atoms. The smallest absolute Gasteiger partial charge is 0.233 e. The van der Waals surface area contributed by atoms with Gasteiger partial charge in [0.1, 0.15) is 11.7 Å². The molecular formula is C16H18N4O3. The van der Waals surface area contributed by atoms with E-state index in [2.05, 4.69) is 9.97 Å². The van der Waals surface area contributed by atoms with Gasteiger partial charge >= 0.3 is 0 Å². The van der Waals surface area contributed by atoms with Gasteiger partial charge in [-0.25, -0.2) is 4.98 Å². The maximum atomic E-state index is 12.6. The maximum Gasteiger partial charge on any atom is 0.233 e. The Bertz CT molecular complexity index is 800. The number of carbonyl (C=O) groups is 1.